The molecule has 0 spiro atoms. The first kappa shape index (κ1) is 17.1. The number of nitrogens with zero attached hydrogens (tertiary/aromatic N) is 1. The Labute approximate surface area is 126 Å². The second-order valence-corrected chi connectivity index (χ2v) is 4.82. The van der Waals surface area contributed by atoms with E-state index in [1.165, 1.54) is 21.3 Å². The summed E-state index contributed by atoms with van der Waals surface area (Å²) >= 11 is 0. The first-order valence-electron chi connectivity index (χ1n) is 6.76. The molecule has 0 atom stereocenters. The molecule has 1 rings (SSSR count). The van der Waals surface area contributed by atoms with Crippen LogP contribution in [0.5, 0.6) is 17.2 Å². The molecule has 1 N–H and O–H groups in total. The van der Waals surface area contributed by atoms with Gasteiger partial charge in [0.15, 0.2) is 11.5 Å². The summed E-state index contributed by atoms with van der Waals surface area (Å²) in [5.74, 6) is 1.29. The Morgan fingerprint density at radius 3 is 2.14 bits per heavy atom. The summed E-state index contributed by atoms with van der Waals surface area (Å²) in [6.07, 6.45) is 0.883. The van der Waals surface area contributed by atoms with Crippen LogP contribution in [0.2, 0.25) is 0 Å². The maximum Gasteiger partial charge on any atom is 0.255 e. The molecule has 6 heteroatoms. The first-order chi connectivity index (χ1) is 10.0. The molecular weight excluding hydrogens is 272 g/mol. The van der Waals surface area contributed by atoms with Gasteiger partial charge in [-0.25, -0.2) is 0 Å². The largest absolute Gasteiger partial charge is 0.496 e. The number of hydrogen-bond acceptors (Lipinski definition) is 5. The summed E-state index contributed by atoms with van der Waals surface area (Å²) < 4.78 is 15.7. The van der Waals surface area contributed by atoms with Crippen molar-refractivity contribution in [1.82, 2.24) is 10.2 Å². The monoisotopic (exact) mass is 296 g/mol. The van der Waals surface area contributed by atoms with Crippen LogP contribution in [0.1, 0.15) is 16.8 Å². The van der Waals surface area contributed by atoms with Crippen molar-refractivity contribution in [3.63, 3.8) is 0 Å². The number of carbonyl (C=O) groups is 1. The smallest absolute Gasteiger partial charge is 0.255 e. The highest BCUT2D eigenvalue weighted by atomic mass is 16.5. The number of ether oxygens (including phenoxy) is 3. The maximum atomic E-state index is 12.2. The fourth-order valence-electron chi connectivity index (χ4n) is 1.90. The number of hydrogen-bond donors (Lipinski definition) is 1. The van der Waals surface area contributed by atoms with E-state index < -0.39 is 0 Å². The van der Waals surface area contributed by atoms with Crippen LogP contribution in [0.3, 0.4) is 0 Å². The van der Waals surface area contributed by atoms with Gasteiger partial charge in [-0.05, 0) is 27.1 Å². The molecule has 1 aromatic rings. The lowest BCUT2D eigenvalue weighted by molar-refractivity contribution is 0.0949. The minimum Gasteiger partial charge on any atom is -0.496 e. The molecule has 0 heterocycles. The molecule has 0 fully saturated rings. The SMILES string of the molecule is COc1cc(OC)c(C(=O)NCCCN(C)C)cc1OC. The second kappa shape index (κ2) is 8.36. The lowest BCUT2D eigenvalue weighted by Gasteiger charge is -2.14. The topological polar surface area (TPSA) is 60.0 Å². The Hall–Kier alpha value is -1.95. The predicted molar refractivity (Wildman–Crippen MR) is 81.6 cm³/mol. The highest BCUT2D eigenvalue weighted by Crippen LogP contribution is 2.34. The van der Waals surface area contributed by atoms with Gasteiger partial charge in [-0.3, -0.25) is 4.79 Å². The lowest BCUT2D eigenvalue weighted by atomic mass is 10.1. The van der Waals surface area contributed by atoms with Gasteiger partial charge in [0.05, 0.1) is 26.9 Å². The van der Waals surface area contributed by atoms with Crippen LogP contribution >= 0.6 is 0 Å². The minimum absolute atomic E-state index is 0.188. The van der Waals surface area contributed by atoms with E-state index in [-0.39, 0.29) is 5.91 Å². The Bertz CT molecular complexity index is 475. The summed E-state index contributed by atoms with van der Waals surface area (Å²) in [5, 5.41) is 2.88. The van der Waals surface area contributed by atoms with Gasteiger partial charge in [-0.15, -0.1) is 0 Å². The summed E-state index contributed by atoms with van der Waals surface area (Å²) in [5.41, 5.74) is 0.431. The average molecular weight is 296 g/mol. The number of benzene rings is 1. The van der Waals surface area contributed by atoms with Crippen LogP contribution in [-0.2, 0) is 0 Å². The van der Waals surface area contributed by atoms with E-state index in [9.17, 15) is 4.79 Å². The van der Waals surface area contributed by atoms with E-state index in [4.69, 9.17) is 14.2 Å². The van der Waals surface area contributed by atoms with E-state index in [1.54, 1.807) is 12.1 Å². The van der Waals surface area contributed by atoms with E-state index in [2.05, 4.69) is 10.2 Å². The minimum atomic E-state index is -0.188. The van der Waals surface area contributed by atoms with Gasteiger partial charge in [-0.1, -0.05) is 0 Å². The van der Waals surface area contributed by atoms with Gasteiger partial charge in [0, 0.05) is 18.7 Å². The zero-order valence-electron chi connectivity index (χ0n) is 13.4. The summed E-state index contributed by atoms with van der Waals surface area (Å²) in [4.78, 5) is 14.3. The molecule has 118 valence electrons. The molecule has 1 amide bonds. The predicted octanol–water partition coefficient (Wildman–Crippen LogP) is 1.39. The van der Waals surface area contributed by atoms with Crippen molar-refractivity contribution in [1.29, 1.82) is 0 Å². The Morgan fingerprint density at radius 2 is 1.62 bits per heavy atom. The second-order valence-electron chi connectivity index (χ2n) is 4.82. The highest BCUT2D eigenvalue weighted by Gasteiger charge is 2.17. The normalized spacial score (nSPS) is 10.4. The van der Waals surface area contributed by atoms with Crippen molar-refractivity contribution in [2.45, 2.75) is 6.42 Å². The summed E-state index contributed by atoms with van der Waals surface area (Å²) in [6.45, 7) is 1.53. The molecular formula is C15H24N2O4. The fraction of sp³-hybridized carbons (Fsp3) is 0.533. The average Bonchev–Trinajstić information content (AvgIpc) is 2.49. The van der Waals surface area contributed by atoms with E-state index in [0.717, 1.165) is 13.0 Å². The molecule has 1 aromatic carbocycles. The zero-order valence-corrected chi connectivity index (χ0v) is 13.4. The van der Waals surface area contributed by atoms with Crippen molar-refractivity contribution >= 4 is 5.91 Å². The zero-order chi connectivity index (χ0) is 15.8. The highest BCUT2D eigenvalue weighted by molar-refractivity contribution is 5.97. The Kier molecular flexibility index (Phi) is 6.81. The molecule has 0 aliphatic carbocycles. The first-order valence-corrected chi connectivity index (χ1v) is 6.76. The molecule has 0 aliphatic heterocycles. The number of rotatable bonds is 8. The molecule has 0 unspecified atom stereocenters. The Balaban J connectivity index is 2.82. The molecule has 0 saturated carbocycles. The molecule has 0 aromatic heterocycles. The van der Waals surface area contributed by atoms with E-state index in [1.807, 2.05) is 14.1 Å². The van der Waals surface area contributed by atoms with Crippen LogP contribution < -0.4 is 19.5 Å². The molecule has 6 nitrogen and oxygen atoms in total. The standard InChI is InChI=1S/C15H24N2O4/c1-17(2)8-6-7-16-15(18)11-9-13(20-4)14(21-5)10-12(11)19-3/h9-10H,6-8H2,1-5H3,(H,16,18). The fourth-order valence-corrected chi connectivity index (χ4v) is 1.90. The summed E-state index contributed by atoms with van der Waals surface area (Å²) in [6, 6.07) is 3.27. The molecule has 21 heavy (non-hydrogen) atoms. The van der Waals surface area contributed by atoms with Crippen LogP contribution in [0, 0.1) is 0 Å². The van der Waals surface area contributed by atoms with Gasteiger partial charge in [0.2, 0.25) is 0 Å². The van der Waals surface area contributed by atoms with Crippen molar-refractivity contribution in [3.05, 3.63) is 17.7 Å². The quantitative estimate of drug-likeness (QED) is 0.735. The van der Waals surface area contributed by atoms with Gasteiger partial charge in [0.1, 0.15) is 5.75 Å². The third-order valence-corrected chi connectivity index (χ3v) is 3.02. The van der Waals surface area contributed by atoms with Crippen LogP contribution in [-0.4, -0.2) is 59.3 Å². The van der Waals surface area contributed by atoms with Gasteiger partial charge < -0.3 is 24.4 Å². The van der Waals surface area contributed by atoms with Crippen molar-refractivity contribution in [3.8, 4) is 17.2 Å². The number of methoxy groups -OCH3 is 3. The van der Waals surface area contributed by atoms with Crippen molar-refractivity contribution in [2.75, 3.05) is 48.5 Å². The Morgan fingerprint density at radius 1 is 1.05 bits per heavy atom. The van der Waals surface area contributed by atoms with Gasteiger partial charge >= 0.3 is 0 Å². The van der Waals surface area contributed by atoms with E-state index >= 15 is 0 Å². The van der Waals surface area contributed by atoms with Crippen LogP contribution in [0.4, 0.5) is 0 Å². The maximum absolute atomic E-state index is 12.2. The summed E-state index contributed by atoms with van der Waals surface area (Å²) in [7, 11) is 8.59. The third kappa shape index (κ3) is 4.82. The van der Waals surface area contributed by atoms with Crippen LogP contribution in [0.25, 0.3) is 0 Å². The van der Waals surface area contributed by atoms with Gasteiger partial charge in [0.25, 0.3) is 5.91 Å². The number of amides is 1. The molecule has 0 aliphatic rings. The molecule has 0 saturated heterocycles. The van der Waals surface area contributed by atoms with Crippen molar-refractivity contribution in [2.24, 2.45) is 0 Å². The van der Waals surface area contributed by atoms with Gasteiger partial charge in [-0.2, -0.15) is 0 Å². The lowest BCUT2D eigenvalue weighted by Crippen LogP contribution is -2.27. The van der Waals surface area contributed by atoms with Crippen LogP contribution in [0.15, 0.2) is 12.1 Å². The van der Waals surface area contributed by atoms with Crippen molar-refractivity contribution < 1.29 is 19.0 Å². The molecule has 0 bridgehead atoms. The number of nitrogens with one attached hydrogen (secondary N) is 1. The number of carbonyl (C=O) groups excluding carboxylic acids is 1. The van der Waals surface area contributed by atoms with E-state index in [0.29, 0.717) is 29.4 Å². The third-order valence-electron chi connectivity index (χ3n) is 3.02. The molecule has 0 radical (unpaired) electrons.